The van der Waals surface area contributed by atoms with Gasteiger partial charge in [-0.2, -0.15) is 0 Å². The van der Waals surface area contributed by atoms with Gasteiger partial charge in [0, 0.05) is 24.0 Å². The first-order valence-electron chi connectivity index (χ1n) is 9.28. The van der Waals surface area contributed by atoms with Crippen LogP contribution in [0.3, 0.4) is 0 Å². The van der Waals surface area contributed by atoms with Gasteiger partial charge in [0.05, 0.1) is 24.4 Å². The van der Waals surface area contributed by atoms with Crippen molar-refractivity contribution in [2.45, 2.75) is 31.8 Å². The molecule has 0 aliphatic carbocycles. The monoisotopic (exact) mass is 456 g/mol. The van der Waals surface area contributed by atoms with Crippen molar-refractivity contribution < 1.29 is 33.1 Å². The van der Waals surface area contributed by atoms with Gasteiger partial charge in [-0.1, -0.05) is 11.6 Å². The van der Waals surface area contributed by atoms with Crippen LogP contribution in [0.1, 0.15) is 30.1 Å². The molecule has 2 rings (SSSR count). The first-order chi connectivity index (χ1) is 14.6. The number of anilines is 1. The van der Waals surface area contributed by atoms with Crippen molar-refractivity contribution in [3.63, 3.8) is 0 Å². The number of benzene rings is 1. The highest BCUT2D eigenvalue weighted by Crippen LogP contribution is 2.26. The van der Waals surface area contributed by atoms with E-state index in [0.717, 1.165) is 19.2 Å². The average molecular weight is 457 g/mol. The third-order valence-electron chi connectivity index (χ3n) is 4.70. The van der Waals surface area contributed by atoms with Gasteiger partial charge in [-0.3, -0.25) is 24.5 Å². The summed E-state index contributed by atoms with van der Waals surface area (Å²) in [6, 6.07) is 0.460. The Kier molecular flexibility index (Phi) is 7.92. The number of Topliss-reactive ketones (excluding diaryl/α,β-unsaturated/α-hetero) is 1. The minimum Gasteiger partial charge on any atom is -0.453 e. The number of ketones is 1. The molecule has 0 aromatic heterocycles. The number of ether oxygens (including phenoxy) is 1. The molecule has 1 fully saturated rings. The summed E-state index contributed by atoms with van der Waals surface area (Å²) in [5, 5.41) is 9.15. The smallest absolute Gasteiger partial charge is 0.411 e. The van der Waals surface area contributed by atoms with Crippen LogP contribution in [-0.4, -0.2) is 55.8 Å². The van der Waals surface area contributed by atoms with Crippen molar-refractivity contribution in [3.05, 3.63) is 28.5 Å². The molecule has 0 saturated carbocycles. The Morgan fingerprint density at radius 1 is 1.32 bits per heavy atom. The standard InChI is InChI=1S/C19H22ClFN4O6/c1-8-4-9(16(27)23-8)5-13(15(26)18(29)22-2)24-17(28)11-6-10(20)7-12(21)14(11)25-19(30)31-3/h6-9,13H,4-5H2,1-3H3,(H,22,29)(H,23,27)(H,24,28)(H,25,30)/t8-,9+,13+/m1/s1. The van der Waals surface area contributed by atoms with Gasteiger partial charge in [0.15, 0.2) is 0 Å². The van der Waals surface area contributed by atoms with Crippen LogP contribution in [0.2, 0.25) is 5.02 Å². The van der Waals surface area contributed by atoms with Crippen molar-refractivity contribution in [1.29, 1.82) is 0 Å². The van der Waals surface area contributed by atoms with Crippen molar-refractivity contribution >= 4 is 46.9 Å². The Morgan fingerprint density at radius 2 is 2.00 bits per heavy atom. The number of carbonyl (C=O) groups is 5. The van der Waals surface area contributed by atoms with Crippen LogP contribution in [-0.2, 0) is 19.1 Å². The summed E-state index contributed by atoms with van der Waals surface area (Å²) in [6.45, 7) is 1.78. The number of nitrogens with one attached hydrogen (secondary N) is 4. The SMILES string of the molecule is CNC(=O)C(=O)[C@H](C[C@@H]1C[C@@H](C)NC1=O)NC(=O)c1cc(Cl)cc(F)c1NC(=O)OC. The zero-order chi connectivity index (χ0) is 23.3. The van der Waals surface area contributed by atoms with Crippen molar-refractivity contribution in [1.82, 2.24) is 16.0 Å². The van der Waals surface area contributed by atoms with Gasteiger partial charge in [-0.05, 0) is 31.9 Å². The highest BCUT2D eigenvalue weighted by Gasteiger charge is 2.36. The van der Waals surface area contributed by atoms with Crippen molar-refractivity contribution in [2.75, 3.05) is 19.5 Å². The molecular formula is C19H22ClFN4O6. The fraction of sp³-hybridized carbons (Fsp3) is 0.421. The molecule has 1 aliphatic heterocycles. The number of hydrogen-bond donors (Lipinski definition) is 4. The minimum absolute atomic E-state index is 0.123. The van der Waals surface area contributed by atoms with E-state index in [0.29, 0.717) is 6.42 Å². The quantitative estimate of drug-likeness (QED) is 0.450. The summed E-state index contributed by atoms with van der Waals surface area (Å²) in [6.07, 6.45) is -0.769. The fourth-order valence-electron chi connectivity index (χ4n) is 3.22. The van der Waals surface area contributed by atoms with Gasteiger partial charge in [0.1, 0.15) is 5.82 Å². The summed E-state index contributed by atoms with van der Waals surface area (Å²) in [4.78, 5) is 60.9. The predicted molar refractivity (Wildman–Crippen MR) is 108 cm³/mol. The van der Waals surface area contributed by atoms with E-state index in [1.807, 2.05) is 0 Å². The van der Waals surface area contributed by atoms with E-state index in [9.17, 15) is 28.4 Å². The normalized spacial score (nSPS) is 18.5. The Hall–Kier alpha value is -3.21. The molecule has 1 heterocycles. The molecule has 0 unspecified atom stereocenters. The van der Waals surface area contributed by atoms with Crippen LogP contribution in [0.5, 0.6) is 0 Å². The van der Waals surface area contributed by atoms with E-state index in [1.54, 1.807) is 6.92 Å². The highest BCUT2D eigenvalue weighted by molar-refractivity contribution is 6.38. The molecule has 0 radical (unpaired) electrons. The highest BCUT2D eigenvalue weighted by atomic mass is 35.5. The number of rotatable bonds is 7. The maximum absolute atomic E-state index is 14.3. The lowest BCUT2D eigenvalue weighted by Gasteiger charge is -2.20. The maximum atomic E-state index is 14.3. The molecule has 1 saturated heterocycles. The lowest BCUT2D eigenvalue weighted by Crippen LogP contribution is -2.48. The topological polar surface area (TPSA) is 143 Å². The first kappa shape index (κ1) is 24.1. The van der Waals surface area contributed by atoms with Gasteiger partial charge >= 0.3 is 6.09 Å². The van der Waals surface area contributed by atoms with E-state index in [1.165, 1.54) is 7.05 Å². The molecule has 0 bridgehead atoms. The van der Waals surface area contributed by atoms with Crippen LogP contribution in [0, 0.1) is 11.7 Å². The summed E-state index contributed by atoms with van der Waals surface area (Å²) in [7, 11) is 2.29. The molecule has 10 nitrogen and oxygen atoms in total. The van der Waals surface area contributed by atoms with E-state index in [2.05, 4.69) is 26.0 Å². The molecular weight excluding hydrogens is 435 g/mol. The number of halogens is 2. The molecule has 4 N–H and O–H groups in total. The number of hydrogen-bond acceptors (Lipinski definition) is 6. The number of carbonyl (C=O) groups excluding carboxylic acids is 5. The third kappa shape index (κ3) is 5.91. The zero-order valence-electron chi connectivity index (χ0n) is 17.0. The summed E-state index contributed by atoms with van der Waals surface area (Å²) in [5.74, 6) is -4.87. The van der Waals surface area contributed by atoms with Crippen LogP contribution >= 0.6 is 11.6 Å². The van der Waals surface area contributed by atoms with Gasteiger partial charge in [-0.25, -0.2) is 9.18 Å². The molecule has 168 valence electrons. The van der Waals surface area contributed by atoms with E-state index in [-0.39, 0.29) is 23.4 Å². The Morgan fingerprint density at radius 3 is 2.55 bits per heavy atom. The largest absolute Gasteiger partial charge is 0.453 e. The van der Waals surface area contributed by atoms with E-state index >= 15 is 0 Å². The van der Waals surface area contributed by atoms with Crippen LogP contribution in [0.25, 0.3) is 0 Å². The number of methoxy groups -OCH3 is 1. The molecule has 1 aromatic rings. The lowest BCUT2D eigenvalue weighted by atomic mass is 9.93. The van der Waals surface area contributed by atoms with Gasteiger partial charge in [-0.15, -0.1) is 0 Å². The summed E-state index contributed by atoms with van der Waals surface area (Å²) >= 11 is 5.83. The number of likely N-dealkylation sites (N-methyl/N-ethyl adjacent to an activating group) is 1. The summed E-state index contributed by atoms with van der Waals surface area (Å²) < 4.78 is 18.8. The van der Waals surface area contributed by atoms with E-state index in [4.69, 9.17) is 11.6 Å². The van der Waals surface area contributed by atoms with Gasteiger partial charge in [0.25, 0.3) is 11.8 Å². The third-order valence-corrected chi connectivity index (χ3v) is 4.92. The second-order valence-electron chi connectivity index (χ2n) is 6.97. The molecule has 1 aromatic carbocycles. The predicted octanol–water partition coefficient (Wildman–Crippen LogP) is 0.986. The van der Waals surface area contributed by atoms with Gasteiger partial charge < -0.3 is 20.7 Å². The fourth-order valence-corrected chi connectivity index (χ4v) is 3.43. The van der Waals surface area contributed by atoms with Crippen LogP contribution in [0.4, 0.5) is 14.9 Å². The van der Waals surface area contributed by atoms with Crippen LogP contribution < -0.4 is 21.3 Å². The molecule has 0 spiro atoms. The summed E-state index contributed by atoms with van der Waals surface area (Å²) in [5.41, 5.74) is -0.915. The molecule has 12 heteroatoms. The molecule has 31 heavy (non-hydrogen) atoms. The average Bonchev–Trinajstić information content (AvgIpc) is 3.04. The lowest BCUT2D eigenvalue weighted by molar-refractivity contribution is -0.139. The Balaban J connectivity index is 2.34. The molecule has 1 aliphatic rings. The second-order valence-corrected chi connectivity index (χ2v) is 7.41. The zero-order valence-corrected chi connectivity index (χ0v) is 17.8. The maximum Gasteiger partial charge on any atom is 0.411 e. The Labute approximate surface area is 182 Å². The van der Waals surface area contributed by atoms with Gasteiger partial charge in [0.2, 0.25) is 11.7 Å². The molecule has 4 amide bonds. The van der Waals surface area contributed by atoms with Crippen molar-refractivity contribution in [3.8, 4) is 0 Å². The van der Waals surface area contributed by atoms with Crippen LogP contribution in [0.15, 0.2) is 12.1 Å². The van der Waals surface area contributed by atoms with Crippen molar-refractivity contribution in [2.24, 2.45) is 5.92 Å². The minimum atomic E-state index is -1.37. The second kappa shape index (κ2) is 10.2. The number of amides is 4. The first-order valence-corrected chi connectivity index (χ1v) is 9.66. The van der Waals surface area contributed by atoms with E-state index < -0.39 is 52.7 Å². The Bertz CT molecular complexity index is 925. The molecule has 3 atom stereocenters.